The fraction of sp³-hybridized carbons (Fsp3) is 0.0870. The van der Waals surface area contributed by atoms with Crippen LogP contribution in [0.1, 0.15) is 5.56 Å². The van der Waals surface area contributed by atoms with Gasteiger partial charge in [0.05, 0.1) is 11.3 Å². The molecule has 0 aliphatic carbocycles. The number of hydrogen-bond acceptors (Lipinski definition) is 6. The highest BCUT2D eigenvalue weighted by Crippen LogP contribution is 2.33. The third-order valence-corrected chi connectivity index (χ3v) is 5.93. The first kappa shape index (κ1) is 22.1. The van der Waals surface area contributed by atoms with Gasteiger partial charge in [-0.2, -0.15) is 0 Å². The molecular formula is C23H18ClN3O3S2. The van der Waals surface area contributed by atoms with Crippen LogP contribution in [0.2, 0.25) is 5.02 Å². The van der Waals surface area contributed by atoms with E-state index < -0.39 is 0 Å². The maximum Gasteiger partial charge on any atom is 0.236 e. The van der Waals surface area contributed by atoms with Gasteiger partial charge >= 0.3 is 0 Å². The summed E-state index contributed by atoms with van der Waals surface area (Å²) in [5.74, 6) is 0.255. The van der Waals surface area contributed by atoms with Crippen molar-refractivity contribution >= 4 is 63.4 Å². The number of aromatic hydroxyl groups is 1. The largest absolute Gasteiger partial charge is 0.507 e. The maximum absolute atomic E-state index is 12.1. The van der Waals surface area contributed by atoms with E-state index in [1.807, 2.05) is 37.3 Å². The first-order valence-electron chi connectivity index (χ1n) is 9.57. The van der Waals surface area contributed by atoms with E-state index in [0.29, 0.717) is 27.7 Å². The molecule has 0 saturated carbocycles. The van der Waals surface area contributed by atoms with E-state index in [1.54, 1.807) is 24.3 Å². The third-order valence-electron chi connectivity index (χ3n) is 4.47. The number of phenols is 1. The molecule has 4 aromatic rings. The Kier molecular flexibility index (Phi) is 6.64. The summed E-state index contributed by atoms with van der Waals surface area (Å²) in [6, 6.07) is 17.8. The minimum Gasteiger partial charge on any atom is -0.507 e. The molecule has 0 bridgehead atoms. The number of carbonyl (C=O) groups excluding carboxylic acids is 1. The number of nitrogens with one attached hydrogen (secondary N) is 2. The SMILES string of the molecule is Cc1ccc2oc(-c3ccc(NC(=S)NC(=O)CSc4ccc(Cl)cc4)cc3O)nc2c1. The number of oxazole rings is 1. The van der Waals surface area contributed by atoms with Gasteiger partial charge < -0.3 is 20.2 Å². The van der Waals surface area contributed by atoms with Crippen LogP contribution in [0.5, 0.6) is 5.75 Å². The van der Waals surface area contributed by atoms with Gasteiger partial charge in [0, 0.05) is 21.7 Å². The first-order chi connectivity index (χ1) is 15.4. The minimum absolute atomic E-state index is 0.0225. The molecular weight excluding hydrogens is 466 g/mol. The van der Waals surface area contributed by atoms with Gasteiger partial charge in [-0.25, -0.2) is 4.98 Å². The van der Waals surface area contributed by atoms with E-state index in [2.05, 4.69) is 15.6 Å². The Balaban J connectivity index is 1.36. The predicted molar refractivity (Wildman–Crippen MR) is 132 cm³/mol. The summed E-state index contributed by atoms with van der Waals surface area (Å²) in [4.78, 5) is 17.5. The number of halogens is 1. The molecule has 3 N–H and O–H groups in total. The normalized spacial score (nSPS) is 10.8. The van der Waals surface area contributed by atoms with Crippen LogP contribution >= 0.6 is 35.6 Å². The monoisotopic (exact) mass is 483 g/mol. The van der Waals surface area contributed by atoms with Crippen molar-refractivity contribution in [3.05, 3.63) is 71.2 Å². The highest BCUT2D eigenvalue weighted by atomic mass is 35.5. The fourth-order valence-electron chi connectivity index (χ4n) is 2.95. The van der Waals surface area contributed by atoms with Crippen LogP contribution in [-0.4, -0.2) is 26.9 Å². The lowest BCUT2D eigenvalue weighted by atomic mass is 10.2. The van der Waals surface area contributed by atoms with Crippen LogP contribution in [0.3, 0.4) is 0 Å². The second-order valence-electron chi connectivity index (χ2n) is 6.97. The second kappa shape index (κ2) is 9.60. The zero-order valence-corrected chi connectivity index (χ0v) is 19.3. The molecule has 1 amide bonds. The lowest BCUT2D eigenvalue weighted by Gasteiger charge is -2.10. The lowest BCUT2D eigenvalue weighted by molar-refractivity contribution is -0.117. The number of thioether (sulfide) groups is 1. The molecule has 0 radical (unpaired) electrons. The van der Waals surface area contributed by atoms with Gasteiger partial charge in [0.15, 0.2) is 10.7 Å². The molecule has 1 aromatic heterocycles. The van der Waals surface area contributed by atoms with E-state index in [4.69, 9.17) is 28.2 Å². The molecule has 0 saturated heterocycles. The number of aromatic nitrogens is 1. The number of fused-ring (bicyclic) bond motifs is 1. The van der Waals surface area contributed by atoms with E-state index >= 15 is 0 Å². The van der Waals surface area contributed by atoms with Gasteiger partial charge in [-0.15, -0.1) is 11.8 Å². The van der Waals surface area contributed by atoms with Crippen molar-refractivity contribution in [3.8, 4) is 17.2 Å². The average Bonchev–Trinajstić information content (AvgIpc) is 3.16. The topological polar surface area (TPSA) is 87.4 Å². The van der Waals surface area contributed by atoms with Crippen molar-refractivity contribution in [2.24, 2.45) is 0 Å². The Morgan fingerprint density at radius 1 is 1.16 bits per heavy atom. The van der Waals surface area contributed by atoms with Crippen LogP contribution in [0.4, 0.5) is 5.69 Å². The summed E-state index contributed by atoms with van der Waals surface area (Å²) in [7, 11) is 0. The summed E-state index contributed by atoms with van der Waals surface area (Å²) in [6.07, 6.45) is 0. The second-order valence-corrected chi connectivity index (χ2v) is 8.86. The number of carbonyl (C=O) groups is 1. The quantitative estimate of drug-likeness (QED) is 0.245. The molecule has 0 aliphatic heterocycles. The summed E-state index contributed by atoms with van der Waals surface area (Å²) < 4.78 is 5.75. The fourth-order valence-corrected chi connectivity index (χ4v) is 4.00. The smallest absolute Gasteiger partial charge is 0.236 e. The van der Waals surface area contributed by atoms with Crippen LogP contribution in [0.25, 0.3) is 22.6 Å². The van der Waals surface area contributed by atoms with Gasteiger partial charge in [0.2, 0.25) is 11.8 Å². The van der Waals surface area contributed by atoms with Crippen molar-refractivity contribution in [2.75, 3.05) is 11.1 Å². The third kappa shape index (κ3) is 5.40. The van der Waals surface area contributed by atoms with Crippen LogP contribution < -0.4 is 10.6 Å². The Bertz CT molecular complexity index is 1310. The number of benzene rings is 3. The molecule has 32 heavy (non-hydrogen) atoms. The van der Waals surface area contributed by atoms with Crippen molar-refractivity contribution in [1.29, 1.82) is 0 Å². The number of amides is 1. The van der Waals surface area contributed by atoms with Crippen molar-refractivity contribution in [2.45, 2.75) is 11.8 Å². The summed E-state index contributed by atoms with van der Waals surface area (Å²) >= 11 is 12.4. The number of thiocarbonyl (C=S) groups is 1. The van der Waals surface area contributed by atoms with Crippen LogP contribution in [0.15, 0.2) is 70.0 Å². The van der Waals surface area contributed by atoms with E-state index in [1.165, 1.54) is 17.8 Å². The standard InChI is InChI=1S/C23H18ClN3O3S2/c1-13-2-9-20-18(10-13)26-22(30-20)17-8-5-15(11-19(17)28)25-23(31)27-21(29)12-32-16-6-3-14(24)4-7-16/h2-11,28H,12H2,1H3,(H2,25,27,29,31). The van der Waals surface area contributed by atoms with Gasteiger partial charge in [-0.1, -0.05) is 17.7 Å². The van der Waals surface area contributed by atoms with E-state index in [-0.39, 0.29) is 22.5 Å². The molecule has 0 spiro atoms. The Hall–Kier alpha value is -3.07. The molecule has 0 aliphatic rings. The van der Waals surface area contributed by atoms with Crippen molar-refractivity contribution in [3.63, 3.8) is 0 Å². The average molecular weight is 484 g/mol. The Morgan fingerprint density at radius 2 is 1.94 bits per heavy atom. The number of phenolic OH excluding ortho intramolecular Hbond substituents is 1. The van der Waals surface area contributed by atoms with Crippen molar-refractivity contribution < 1.29 is 14.3 Å². The number of rotatable bonds is 5. The molecule has 9 heteroatoms. The predicted octanol–water partition coefficient (Wildman–Crippen LogP) is 5.77. The molecule has 3 aromatic carbocycles. The Morgan fingerprint density at radius 3 is 2.69 bits per heavy atom. The van der Waals surface area contributed by atoms with E-state index in [0.717, 1.165) is 16.0 Å². The van der Waals surface area contributed by atoms with Crippen LogP contribution in [-0.2, 0) is 4.79 Å². The number of nitrogens with zero attached hydrogens (tertiary/aromatic N) is 1. The zero-order valence-electron chi connectivity index (χ0n) is 16.9. The Labute approximate surface area is 199 Å². The van der Waals surface area contributed by atoms with Crippen molar-refractivity contribution in [1.82, 2.24) is 10.3 Å². The summed E-state index contributed by atoms with van der Waals surface area (Å²) in [5.41, 5.74) is 3.42. The van der Waals surface area contributed by atoms with E-state index in [9.17, 15) is 9.90 Å². The summed E-state index contributed by atoms with van der Waals surface area (Å²) in [6.45, 7) is 1.98. The molecule has 0 atom stereocenters. The minimum atomic E-state index is -0.245. The van der Waals surface area contributed by atoms with Gasteiger partial charge in [0.25, 0.3) is 0 Å². The first-order valence-corrected chi connectivity index (χ1v) is 11.3. The summed E-state index contributed by atoms with van der Waals surface area (Å²) in [5, 5.41) is 16.8. The number of hydrogen-bond donors (Lipinski definition) is 3. The molecule has 4 rings (SSSR count). The van der Waals surface area contributed by atoms with Gasteiger partial charge in [-0.3, -0.25) is 4.79 Å². The number of anilines is 1. The molecule has 0 unspecified atom stereocenters. The molecule has 1 heterocycles. The maximum atomic E-state index is 12.1. The zero-order chi connectivity index (χ0) is 22.7. The highest BCUT2D eigenvalue weighted by molar-refractivity contribution is 8.00. The highest BCUT2D eigenvalue weighted by Gasteiger charge is 2.14. The molecule has 162 valence electrons. The molecule has 6 nitrogen and oxygen atoms in total. The lowest BCUT2D eigenvalue weighted by Crippen LogP contribution is -2.35. The van der Waals surface area contributed by atoms with Gasteiger partial charge in [0.1, 0.15) is 11.3 Å². The number of aryl methyl sites for hydroxylation is 1. The van der Waals surface area contributed by atoms with Crippen LogP contribution in [0, 0.1) is 6.92 Å². The van der Waals surface area contributed by atoms with Gasteiger partial charge in [-0.05, 0) is 73.2 Å². The molecule has 0 fully saturated rings.